The molecule has 0 bridgehead atoms. The van der Waals surface area contributed by atoms with Crippen molar-refractivity contribution in [1.82, 2.24) is 5.32 Å². The fourth-order valence-corrected chi connectivity index (χ4v) is 3.21. The molecule has 1 heterocycles. The van der Waals surface area contributed by atoms with Gasteiger partial charge in [-0.2, -0.15) is 4.57 Å². The molecule has 0 radical (unpaired) electrons. The van der Waals surface area contributed by atoms with E-state index in [4.69, 9.17) is 23.2 Å². The molecule has 0 aliphatic carbocycles. The van der Waals surface area contributed by atoms with Gasteiger partial charge in [-0.05, 0) is 35.7 Å². The lowest BCUT2D eigenvalue weighted by molar-refractivity contribution is -0.684. The summed E-state index contributed by atoms with van der Waals surface area (Å²) < 4.78 is 1.88. The average Bonchev–Trinajstić information content (AvgIpc) is 2.64. The minimum absolute atomic E-state index is 0.0368. The van der Waals surface area contributed by atoms with Gasteiger partial charge in [0.1, 0.15) is 0 Å². The fourth-order valence-electron chi connectivity index (χ4n) is 2.70. The summed E-state index contributed by atoms with van der Waals surface area (Å²) in [6, 6.07) is 19.5. The van der Waals surface area contributed by atoms with Crippen LogP contribution in [0.25, 0.3) is 11.1 Å². The lowest BCUT2D eigenvalue weighted by Crippen LogP contribution is -2.43. The van der Waals surface area contributed by atoms with Gasteiger partial charge < -0.3 is 5.32 Å². The molecule has 1 N–H and O–H groups in total. The topological polar surface area (TPSA) is 33.0 Å². The Balaban J connectivity index is 1.55. The van der Waals surface area contributed by atoms with Crippen LogP contribution in [0.3, 0.4) is 0 Å². The van der Waals surface area contributed by atoms with Crippen molar-refractivity contribution in [2.24, 2.45) is 0 Å². The quantitative estimate of drug-likeness (QED) is 0.630. The van der Waals surface area contributed by atoms with Crippen molar-refractivity contribution in [2.75, 3.05) is 6.54 Å². The van der Waals surface area contributed by atoms with E-state index in [2.05, 4.69) is 17.4 Å². The summed E-state index contributed by atoms with van der Waals surface area (Å²) >= 11 is 12.0. The number of amides is 1. The molecule has 5 heteroatoms. The van der Waals surface area contributed by atoms with Crippen LogP contribution in [0.15, 0.2) is 73.1 Å². The first-order chi connectivity index (χ1) is 12.6. The largest absolute Gasteiger partial charge is 0.350 e. The molecule has 0 saturated heterocycles. The minimum atomic E-state index is -0.0368. The Bertz CT molecular complexity index is 898. The first-order valence-electron chi connectivity index (χ1n) is 8.37. The second-order valence-electron chi connectivity index (χ2n) is 5.97. The zero-order chi connectivity index (χ0) is 18.4. The summed E-state index contributed by atoms with van der Waals surface area (Å²) in [5, 5.41) is 4.16. The van der Waals surface area contributed by atoms with Crippen LogP contribution in [0.4, 0.5) is 0 Å². The summed E-state index contributed by atoms with van der Waals surface area (Å²) in [4.78, 5) is 12.2. The second kappa shape index (κ2) is 8.84. The monoisotopic (exact) mass is 385 g/mol. The van der Waals surface area contributed by atoms with E-state index in [1.165, 1.54) is 0 Å². The van der Waals surface area contributed by atoms with Gasteiger partial charge in [0, 0.05) is 28.2 Å². The smallest absolute Gasteiger partial charge is 0.285 e. The van der Waals surface area contributed by atoms with Crippen molar-refractivity contribution < 1.29 is 9.36 Å². The molecule has 26 heavy (non-hydrogen) atoms. The van der Waals surface area contributed by atoms with Crippen LogP contribution in [0.2, 0.25) is 10.0 Å². The lowest BCUT2D eigenvalue weighted by atomic mass is 10.1. The molecule has 3 rings (SSSR count). The maximum absolute atomic E-state index is 12.2. The summed E-state index contributed by atoms with van der Waals surface area (Å²) in [6.45, 7) is 0.800. The Morgan fingerprint density at radius 3 is 2.50 bits per heavy atom. The highest BCUT2D eigenvalue weighted by molar-refractivity contribution is 6.35. The van der Waals surface area contributed by atoms with Crippen LogP contribution in [0.1, 0.15) is 5.56 Å². The van der Waals surface area contributed by atoms with E-state index in [-0.39, 0.29) is 12.5 Å². The zero-order valence-corrected chi connectivity index (χ0v) is 15.7. The van der Waals surface area contributed by atoms with E-state index in [0.717, 1.165) is 16.7 Å². The number of pyridine rings is 1. The number of nitrogens with zero attached hydrogens (tertiary/aromatic N) is 1. The summed E-state index contributed by atoms with van der Waals surface area (Å²) in [6.07, 6.45) is 4.53. The third-order valence-corrected chi connectivity index (χ3v) is 4.61. The first kappa shape index (κ1) is 18.4. The molecule has 0 atom stereocenters. The molecule has 3 aromatic rings. The number of carbonyl (C=O) groups excluding carboxylic acids is 1. The van der Waals surface area contributed by atoms with Crippen molar-refractivity contribution in [2.45, 2.75) is 13.0 Å². The maximum atomic E-state index is 12.2. The van der Waals surface area contributed by atoms with Gasteiger partial charge in [0.25, 0.3) is 5.91 Å². The minimum Gasteiger partial charge on any atom is -0.350 e. The normalized spacial score (nSPS) is 10.5. The number of hydrogen-bond acceptors (Lipinski definition) is 1. The predicted octanol–water partition coefficient (Wildman–Crippen LogP) is 4.31. The first-order valence-corrected chi connectivity index (χ1v) is 9.12. The SMILES string of the molecule is O=C(C[n+]1cccc(-c2ccccc2)c1)NCCc1ccc(Cl)cc1Cl. The number of nitrogens with one attached hydrogen (secondary N) is 1. The number of aromatic nitrogens is 1. The molecule has 1 aromatic heterocycles. The van der Waals surface area contributed by atoms with Crippen LogP contribution in [0, 0.1) is 0 Å². The van der Waals surface area contributed by atoms with Gasteiger partial charge in [-0.15, -0.1) is 0 Å². The standard InChI is InChI=1S/C21H18Cl2N2O/c22-19-9-8-17(20(23)13-19)10-11-24-21(26)15-25-12-4-7-18(14-25)16-5-2-1-3-6-16/h1-9,12-14H,10-11,15H2/p+1. The van der Waals surface area contributed by atoms with E-state index in [9.17, 15) is 4.79 Å². The number of halogens is 2. The molecule has 0 aliphatic rings. The number of hydrogen-bond donors (Lipinski definition) is 1. The molecule has 0 spiro atoms. The Morgan fingerprint density at radius 1 is 0.962 bits per heavy atom. The van der Waals surface area contributed by atoms with Gasteiger partial charge in [-0.3, -0.25) is 4.79 Å². The number of rotatable bonds is 6. The van der Waals surface area contributed by atoms with E-state index in [1.807, 2.05) is 53.4 Å². The molecule has 0 aliphatic heterocycles. The van der Waals surface area contributed by atoms with E-state index >= 15 is 0 Å². The van der Waals surface area contributed by atoms with Gasteiger partial charge in [-0.25, -0.2) is 0 Å². The highest BCUT2D eigenvalue weighted by atomic mass is 35.5. The number of benzene rings is 2. The maximum Gasteiger partial charge on any atom is 0.285 e. The van der Waals surface area contributed by atoms with Crippen LogP contribution in [-0.2, 0) is 17.8 Å². The molecule has 132 valence electrons. The third kappa shape index (κ3) is 5.07. The number of carbonyl (C=O) groups is 1. The Kier molecular flexibility index (Phi) is 6.26. The lowest BCUT2D eigenvalue weighted by Gasteiger charge is -2.06. The molecule has 0 unspecified atom stereocenters. The van der Waals surface area contributed by atoms with E-state index in [1.54, 1.807) is 12.1 Å². The molecule has 0 saturated carbocycles. The van der Waals surface area contributed by atoms with Gasteiger partial charge in [0.15, 0.2) is 12.4 Å². The van der Waals surface area contributed by atoms with Crippen molar-refractivity contribution in [3.8, 4) is 11.1 Å². The van der Waals surface area contributed by atoms with Crippen LogP contribution >= 0.6 is 23.2 Å². The highest BCUT2D eigenvalue weighted by Crippen LogP contribution is 2.21. The molecular formula is C21H19Cl2N2O+. The molecule has 3 nitrogen and oxygen atoms in total. The molecule has 1 amide bonds. The molecular weight excluding hydrogens is 367 g/mol. The summed E-state index contributed by atoms with van der Waals surface area (Å²) in [7, 11) is 0. The van der Waals surface area contributed by atoms with Crippen LogP contribution < -0.4 is 9.88 Å². The highest BCUT2D eigenvalue weighted by Gasteiger charge is 2.11. The van der Waals surface area contributed by atoms with Crippen molar-refractivity contribution in [3.63, 3.8) is 0 Å². The van der Waals surface area contributed by atoms with Crippen LogP contribution in [0.5, 0.6) is 0 Å². The van der Waals surface area contributed by atoms with Crippen molar-refractivity contribution in [3.05, 3.63) is 88.7 Å². The zero-order valence-electron chi connectivity index (χ0n) is 14.2. The van der Waals surface area contributed by atoms with Crippen molar-refractivity contribution in [1.29, 1.82) is 0 Å². The van der Waals surface area contributed by atoms with Crippen LogP contribution in [-0.4, -0.2) is 12.5 Å². The summed E-state index contributed by atoms with van der Waals surface area (Å²) in [5.74, 6) is -0.0368. The fraction of sp³-hybridized carbons (Fsp3) is 0.143. The third-order valence-electron chi connectivity index (χ3n) is 4.02. The van der Waals surface area contributed by atoms with Gasteiger partial charge in [0.05, 0.1) is 0 Å². The molecule has 2 aromatic carbocycles. The van der Waals surface area contributed by atoms with Gasteiger partial charge in [0.2, 0.25) is 6.54 Å². The Hall–Kier alpha value is -2.36. The van der Waals surface area contributed by atoms with Crippen molar-refractivity contribution >= 4 is 29.1 Å². The predicted molar refractivity (Wildman–Crippen MR) is 105 cm³/mol. The Labute approximate surface area is 163 Å². The summed E-state index contributed by atoms with van der Waals surface area (Å²) in [5.41, 5.74) is 3.17. The second-order valence-corrected chi connectivity index (χ2v) is 6.81. The average molecular weight is 386 g/mol. The van der Waals surface area contributed by atoms with Gasteiger partial charge in [-0.1, -0.05) is 59.6 Å². The molecule has 0 fully saturated rings. The Morgan fingerprint density at radius 2 is 1.73 bits per heavy atom. The van der Waals surface area contributed by atoms with Gasteiger partial charge >= 0.3 is 0 Å². The van der Waals surface area contributed by atoms with E-state index < -0.39 is 0 Å². The van der Waals surface area contributed by atoms with E-state index in [0.29, 0.717) is 23.0 Å².